The second-order valence-electron chi connectivity index (χ2n) is 8.53. The molecular formula is C21H28N2O4. The molecule has 4 aliphatic rings. The third-order valence-corrected chi connectivity index (χ3v) is 6.56. The van der Waals surface area contributed by atoms with Gasteiger partial charge in [0.25, 0.3) is 0 Å². The molecule has 2 N–H and O–H groups in total. The molecule has 0 spiro atoms. The van der Waals surface area contributed by atoms with E-state index in [1.165, 1.54) is 19.3 Å². The van der Waals surface area contributed by atoms with Crippen molar-refractivity contribution in [3.05, 3.63) is 18.2 Å². The highest BCUT2D eigenvalue weighted by molar-refractivity contribution is 5.95. The SMILES string of the molecule is COc1cc(NC(=O)CNC(=O)C23CC4CC(CC(C4)C2)C3)cc(OC)c1. The third kappa shape index (κ3) is 3.62. The van der Waals surface area contributed by atoms with Gasteiger partial charge in [0, 0.05) is 29.3 Å². The Balaban J connectivity index is 1.35. The van der Waals surface area contributed by atoms with Crippen LogP contribution in [0.3, 0.4) is 0 Å². The quantitative estimate of drug-likeness (QED) is 0.805. The number of anilines is 1. The molecule has 1 aromatic rings. The Bertz CT molecular complexity index is 688. The normalized spacial score (nSPS) is 30.7. The number of carbonyl (C=O) groups is 2. The summed E-state index contributed by atoms with van der Waals surface area (Å²) in [5.41, 5.74) is 0.356. The molecule has 0 heterocycles. The van der Waals surface area contributed by atoms with E-state index in [2.05, 4.69) is 10.6 Å². The predicted octanol–water partition coefficient (Wildman–Crippen LogP) is 2.97. The molecule has 2 amide bonds. The first-order valence-corrected chi connectivity index (χ1v) is 9.81. The second-order valence-corrected chi connectivity index (χ2v) is 8.53. The van der Waals surface area contributed by atoms with Gasteiger partial charge in [0.1, 0.15) is 11.5 Å². The van der Waals surface area contributed by atoms with Crippen LogP contribution in [0.15, 0.2) is 18.2 Å². The number of rotatable bonds is 6. The van der Waals surface area contributed by atoms with E-state index in [1.54, 1.807) is 32.4 Å². The zero-order valence-corrected chi connectivity index (χ0v) is 16.0. The molecular weight excluding hydrogens is 344 g/mol. The summed E-state index contributed by atoms with van der Waals surface area (Å²) in [5, 5.41) is 5.71. The summed E-state index contributed by atoms with van der Waals surface area (Å²) >= 11 is 0. The first kappa shape index (κ1) is 18.1. The number of nitrogens with one attached hydrogen (secondary N) is 2. The van der Waals surface area contributed by atoms with E-state index in [4.69, 9.17) is 9.47 Å². The van der Waals surface area contributed by atoms with Crippen LogP contribution in [0.5, 0.6) is 11.5 Å². The van der Waals surface area contributed by atoms with Gasteiger partial charge in [-0.05, 0) is 56.3 Å². The van der Waals surface area contributed by atoms with E-state index in [1.807, 2.05) is 0 Å². The van der Waals surface area contributed by atoms with Crippen LogP contribution in [0.4, 0.5) is 5.69 Å². The maximum absolute atomic E-state index is 12.9. The van der Waals surface area contributed by atoms with E-state index >= 15 is 0 Å². The van der Waals surface area contributed by atoms with E-state index in [9.17, 15) is 9.59 Å². The van der Waals surface area contributed by atoms with Crippen LogP contribution >= 0.6 is 0 Å². The van der Waals surface area contributed by atoms with Gasteiger partial charge in [-0.25, -0.2) is 0 Å². The fourth-order valence-electron chi connectivity index (χ4n) is 5.82. The maximum atomic E-state index is 12.9. The Morgan fingerprint density at radius 3 is 1.96 bits per heavy atom. The van der Waals surface area contributed by atoms with Crippen LogP contribution < -0.4 is 20.1 Å². The lowest BCUT2D eigenvalue weighted by Crippen LogP contribution is -2.54. The molecule has 0 aromatic heterocycles. The summed E-state index contributed by atoms with van der Waals surface area (Å²) in [6.45, 7) is -0.0138. The van der Waals surface area contributed by atoms with Crippen molar-refractivity contribution < 1.29 is 19.1 Å². The number of methoxy groups -OCH3 is 2. The molecule has 27 heavy (non-hydrogen) atoms. The molecule has 0 radical (unpaired) electrons. The highest BCUT2D eigenvalue weighted by atomic mass is 16.5. The lowest BCUT2D eigenvalue weighted by atomic mass is 9.49. The van der Waals surface area contributed by atoms with Crippen LogP contribution in [0.2, 0.25) is 0 Å². The van der Waals surface area contributed by atoms with Crippen LogP contribution in [0.25, 0.3) is 0 Å². The van der Waals surface area contributed by atoms with E-state index in [0.717, 1.165) is 19.3 Å². The van der Waals surface area contributed by atoms with Gasteiger partial charge >= 0.3 is 0 Å². The molecule has 146 valence electrons. The number of benzene rings is 1. The third-order valence-electron chi connectivity index (χ3n) is 6.56. The van der Waals surface area contributed by atoms with Crippen molar-refractivity contribution in [1.29, 1.82) is 0 Å². The predicted molar refractivity (Wildman–Crippen MR) is 102 cm³/mol. The summed E-state index contributed by atoms with van der Waals surface area (Å²) in [5.74, 6) is 3.15. The zero-order chi connectivity index (χ0) is 19.0. The Morgan fingerprint density at radius 2 is 1.48 bits per heavy atom. The molecule has 4 bridgehead atoms. The van der Waals surface area contributed by atoms with Crippen LogP contribution in [0, 0.1) is 23.2 Å². The molecule has 4 saturated carbocycles. The summed E-state index contributed by atoms with van der Waals surface area (Å²) in [6, 6.07) is 5.19. The fourth-order valence-corrected chi connectivity index (χ4v) is 5.82. The van der Waals surface area contributed by atoms with Crippen molar-refractivity contribution in [1.82, 2.24) is 5.32 Å². The minimum absolute atomic E-state index is 0.0138. The fraction of sp³-hybridized carbons (Fsp3) is 0.619. The summed E-state index contributed by atoms with van der Waals surface area (Å²) < 4.78 is 10.4. The van der Waals surface area contributed by atoms with E-state index < -0.39 is 0 Å². The minimum atomic E-state index is -0.247. The molecule has 5 rings (SSSR count). The molecule has 4 aliphatic carbocycles. The van der Waals surface area contributed by atoms with Crippen LogP contribution in [-0.2, 0) is 9.59 Å². The number of carbonyl (C=O) groups excluding carboxylic acids is 2. The molecule has 6 nitrogen and oxygen atoms in total. The van der Waals surface area contributed by atoms with Crippen molar-refractivity contribution in [3.8, 4) is 11.5 Å². The second kappa shape index (κ2) is 7.06. The Hall–Kier alpha value is -2.24. The van der Waals surface area contributed by atoms with Gasteiger partial charge in [0.15, 0.2) is 0 Å². The van der Waals surface area contributed by atoms with Crippen molar-refractivity contribution in [3.63, 3.8) is 0 Å². The van der Waals surface area contributed by atoms with Gasteiger partial charge in [-0.1, -0.05) is 0 Å². The highest BCUT2D eigenvalue weighted by Crippen LogP contribution is 2.60. The molecule has 0 saturated heterocycles. The van der Waals surface area contributed by atoms with Crippen molar-refractivity contribution in [2.24, 2.45) is 23.2 Å². The number of ether oxygens (including phenoxy) is 2. The monoisotopic (exact) mass is 372 g/mol. The smallest absolute Gasteiger partial charge is 0.243 e. The Kier molecular flexibility index (Phi) is 4.74. The summed E-state index contributed by atoms with van der Waals surface area (Å²) in [4.78, 5) is 25.3. The summed E-state index contributed by atoms with van der Waals surface area (Å²) in [7, 11) is 3.12. The van der Waals surface area contributed by atoms with Crippen molar-refractivity contribution >= 4 is 17.5 Å². The first-order chi connectivity index (χ1) is 13.0. The van der Waals surface area contributed by atoms with Gasteiger partial charge in [0.2, 0.25) is 11.8 Å². The first-order valence-electron chi connectivity index (χ1n) is 9.81. The van der Waals surface area contributed by atoms with Crippen LogP contribution in [0.1, 0.15) is 38.5 Å². The van der Waals surface area contributed by atoms with Gasteiger partial charge in [-0.3, -0.25) is 9.59 Å². The van der Waals surface area contributed by atoms with Gasteiger partial charge < -0.3 is 20.1 Å². The average Bonchev–Trinajstić information content (AvgIpc) is 2.64. The topological polar surface area (TPSA) is 76.7 Å². The molecule has 6 heteroatoms. The Morgan fingerprint density at radius 1 is 0.963 bits per heavy atom. The van der Waals surface area contributed by atoms with E-state index in [-0.39, 0.29) is 23.8 Å². The van der Waals surface area contributed by atoms with Crippen LogP contribution in [-0.4, -0.2) is 32.6 Å². The average molecular weight is 372 g/mol. The summed E-state index contributed by atoms with van der Waals surface area (Å²) in [6.07, 6.45) is 6.89. The number of amides is 2. The molecule has 1 aromatic carbocycles. The lowest BCUT2D eigenvalue weighted by Gasteiger charge is -2.55. The van der Waals surface area contributed by atoms with Crippen molar-refractivity contribution in [2.45, 2.75) is 38.5 Å². The standard InChI is InChI=1S/C21H28N2O4/c1-26-17-6-16(7-18(8-17)27-2)23-19(24)12-22-20(25)21-9-13-3-14(10-21)5-15(4-13)11-21/h6-8,13-15H,3-5,9-12H2,1-2H3,(H,22,25)(H,23,24). The minimum Gasteiger partial charge on any atom is -0.497 e. The lowest BCUT2D eigenvalue weighted by molar-refractivity contribution is -0.146. The van der Waals surface area contributed by atoms with Gasteiger partial charge in [0.05, 0.1) is 20.8 Å². The molecule has 4 fully saturated rings. The molecule has 0 aliphatic heterocycles. The zero-order valence-electron chi connectivity index (χ0n) is 16.0. The van der Waals surface area contributed by atoms with Crippen molar-refractivity contribution in [2.75, 3.05) is 26.1 Å². The number of hydrogen-bond donors (Lipinski definition) is 2. The van der Waals surface area contributed by atoms with Gasteiger partial charge in [-0.2, -0.15) is 0 Å². The Labute approximate surface area is 160 Å². The highest BCUT2D eigenvalue weighted by Gasteiger charge is 2.54. The van der Waals surface area contributed by atoms with Gasteiger partial charge in [-0.15, -0.1) is 0 Å². The molecule has 0 unspecified atom stereocenters. The molecule has 0 atom stereocenters. The van der Waals surface area contributed by atoms with E-state index in [0.29, 0.717) is 34.9 Å². The number of hydrogen-bond acceptors (Lipinski definition) is 4. The maximum Gasteiger partial charge on any atom is 0.243 e. The largest absolute Gasteiger partial charge is 0.497 e.